The summed E-state index contributed by atoms with van der Waals surface area (Å²) < 4.78 is 0. The van der Waals surface area contributed by atoms with Crippen LogP contribution in [0, 0.1) is 16.7 Å². The van der Waals surface area contributed by atoms with E-state index in [1.54, 1.807) is 11.8 Å². The zero-order chi connectivity index (χ0) is 15.8. The van der Waals surface area contributed by atoms with Gasteiger partial charge in [-0.1, -0.05) is 40.7 Å². The highest BCUT2D eigenvalue weighted by atomic mass is 32.2. The Balaban J connectivity index is 2.18. The molecule has 0 aliphatic heterocycles. The maximum absolute atomic E-state index is 11.6. The average molecular weight is 307 g/mol. The number of carboxylic acids is 1. The van der Waals surface area contributed by atoms with Gasteiger partial charge in [-0.05, 0) is 34.6 Å². The Morgan fingerprint density at radius 3 is 2.38 bits per heavy atom. The monoisotopic (exact) mass is 307 g/mol. The molecular formula is C17H25NO2S. The Kier molecular flexibility index (Phi) is 4.29. The third-order valence-corrected chi connectivity index (χ3v) is 6.30. The SMILES string of the molecule is CCSc1cccc(NCC2C(C)(C)C2(C)C)c1C(=O)O. The van der Waals surface area contributed by atoms with Gasteiger partial charge in [0.05, 0.1) is 5.56 Å². The molecule has 2 rings (SSSR count). The molecule has 0 radical (unpaired) electrons. The fraction of sp³-hybridized carbons (Fsp3) is 0.588. The topological polar surface area (TPSA) is 49.3 Å². The van der Waals surface area contributed by atoms with Crippen molar-refractivity contribution >= 4 is 23.4 Å². The van der Waals surface area contributed by atoms with Gasteiger partial charge < -0.3 is 10.4 Å². The van der Waals surface area contributed by atoms with E-state index in [1.165, 1.54) is 0 Å². The molecule has 3 nitrogen and oxygen atoms in total. The maximum atomic E-state index is 11.6. The van der Waals surface area contributed by atoms with Crippen molar-refractivity contribution in [2.75, 3.05) is 17.6 Å². The van der Waals surface area contributed by atoms with Gasteiger partial charge in [-0.3, -0.25) is 0 Å². The second-order valence-corrected chi connectivity index (χ2v) is 8.10. The first-order valence-corrected chi connectivity index (χ1v) is 8.45. The molecule has 1 aromatic carbocycles. The van der Waals surface area contributed by atoms with Crippen LogP contribution in [0.2, 0.25) is 0 Å². The number of hydrogen-bond donors (Lipinski definition) is 2. The van der Waals surface area contributed by atoms with Crippen LogP contribution in [0.25, 0.3) is 0 Å². The zero-order valence-electron chi connectivity index (χ0n) is 13.5. The van der Waals surface area contributed by atoms with Crippen LogP contribution in [-0.2, 0) is 0 Å². The first-order chi connectivity index (χ1) is 9.73. The maximum Gasteiger partial charge on any atom is 0.338 e. The van der Waals surface area contributed by atoms with Crippen molar-refractivity contribution in [1.82, 2.24) is 0 Å². The Labute approximate surface area is 131 Å². The van der Waals surface area contributed by atoms with Crippen LogP contribution in [0.5, 0.6) is 0 Å². The molecule has 0 amide bonds. The standard InChI is InChI=1S/C17H25NO2S/c1-6-21-12-9-7-8-11(14(12)15(19)20)18-10-13-16(2,3)17(13,4)5/h7-9,13,18H,6,10H2,1-5H3,(H,19,20). The number of nitrogens with one attached hydrogen (secondary N) is 1. The van der Waals surface area contributed by atoms with E-state index in [4.69, 9.17) is 0 Å². The zero-order valence-corrected chi connectivity index (χ0v) is 14.3. The highest BCUT2D eigenvalue weighted by Gasteiger charge is 2.64. The lowest BCUT2D eigenvalue weighted by Crippen LogP contribution is -2.12. The van der Waals surface area contributed by atoms with Crippen molar-refractivity contribution in [3.8, 4) is 0 Å². The highest BCUT2D eigenvalue weighted by Crippen LogP contribution is 2.68. The fourth-order valence-electron chi connectivity index (χ4n) is 3.23. The lowest BCUT2D eigenvalue weighted by Gasteiger charge is -2.13. The predicted octanol–water partition coefficient (Wildman–Crippen LogP) is 4.59. The number of rotatable bonds is 6. The molecule has 0 heterocycles. The smallest absolute Gasteiger partial charge is 0.338 e. The molecule has 116 valence electrons. The van der Waals surface area contributed by atoms with E-state index >= 15 is 0 Å². The lowest BCUT2D eigenvalue weighted by molar-refractivity contribution is 0.0694. The van der Waals surface area contributed by atoms with Crippen LogP contribution in [-0.4, -0.2) is 23.4 Å². The van der Waals surface area contributed by atoms with Gasteiger partial charge in [-0.15, -0.1) is 11.8 Å². The summed E-state index contributed by atoms with van der Waals surface area (Å²) in [5.74, 6) is 0.573. The predicted molar refractivity (Wildman–Crippen MR) is 89.3 cm³/mol. The molecule has 0 aromatic heterocycles. The normalized spacial score (nSPS) is 19.3. The first-order valence-electron chi connectivity index (χ1n) is 7.46. The number of hydrogen-bond acceptors (Lipinski definition) is 3. The summed E-state index contributed by atoms with van der Waals surface area (Å²) in [5, 5.41) is 12.9. The van der Waals surface area contributed by atoms with Gasteiger partial charge in [0.1, 0.15) is 0 Å². The van der Waals surface area contributed by atoms with E-state index in [2.05, 4.69) is 33.0 Å². The van der Waals surface area contributed by atoms with E-state index in [-0.39, 0.29) is 0 Å². The van der Waals surface area contributed by atoms with E-state index in [1.807, 2.05) is 25.1 Å². The molecule has 1 aliphatic rings. The highest BCUT2D eigenvalue weighted by molar-refractivity contribution is 7.99. The average Bonchev–Trinajstić information content (AvgIpc) is 2.77. The van der Waals surface area contributed by atoms with Crippen LogP contribution < -0.4 is 5.32 Å². The van der Waals surface area contributed by atoms with E-state index in [0.29, 0.717) is 22.3 Å². The lowest BCUT2D eigenvalue weighted by atomic mass is 10.0. The molecular weight excluding hydrogens is 282 g/mol. The summed E-state index contributed by atoms with van der Waals surface area (Å²) in [4.78, 5) is 12.4. The van der Waals surface area contributed by atoms with Crippen LogP contribution in [0.4, 0.5) is 5.69 Å². The fourth-order valence-corrected chi connectivity index (χ4v) is 4.06. The molecule has 21 heavy (non-hydrogen) atoms. The largest absolute Gasteiger partial charge is 0.478 e. The number of benzene rings is 1. The molecule has 0 saturated heterocycles. The molecule has 0 atom stereocenters. The van der Waals surface area contributed by atoms with Crippen molar-refractivity contribution in [2.24, 2.45) is 16.7 Å². The Morgan fingerprint density at radius 1 is 1.29 bits per heavy atom. The van der Waals surface area contributed by atoms with E-state index < -0.39 is 5.97 Å². The van der Waals surface area contributed by atoms with Crippen LogP contribution >= 0.6 is 11.8 Å². The molecule has 1 saturated carbocycles. The molecule has 1 aromatic rings. The third kappa shape index (κ3) is 2.78. The minimum absolute atomic E-state index is 0.305. The minimum atomic E-state index is -0.858. The Hall–Kier alpha value is -1.16. The van der Waals surface area contributed by atoms with E-state index in [0.717, 1.165) is 22.9 Å². The molecule has 4 heteroatoms. The van der Waals surface area contributed by atoms with Crippen molar-refractivity contribution < 1.29 is 9.90 Å². The molecule has 2 N–H and O–H groups in total. The third-order valence-electron chi connectivity index (χ3n) is 5.36. The number of thioether (sulfide) groups is 1. The molecule has 1 fully saturated rings. The van der Waals surface area contributed by atoms with Crippen LogP contribution in [0.1, 0.15) is 45.0 Å². The quantitative estimate of drug-likeness (QED) is 0.755. The van der Waals surface area contributed by atoms with Gasteiger partial charge in [-0.25, -0.2) is 4.79 Å². The minimum Gasteiger partial charge on any atom is -0.478 e. The summed E-state index contributed by atoms with van der Waals surface area (Å²) in [5.41, 5.74) is 1.75. The van der Waals surface area contributed by atoms with Crippen molar-refractivity contribution in [1.29, 1.82) is 0 Å². The van der Waals surface area contributed by atoms with Gasteiger partial charge in [-0.2, -0.15) is 0 Å². The summed E-state index contributed by atoms with van der Waals surface area (Å²) in [6.45, 7) is 12.0. The summed E-state index contributed by atoms with van der Waals surface area (Å²) in [6.07, 6.45) is 0. The molecule has 0 spiro atoms. The second kappa shape index (κ2) is 5.56. The number of anilines is 1. The van der Waals surface area contributed by atoms with Gasteiger partial charge in [0.2, 0.25) is 0 Å². The van der Waals surface area contributed by atoms with Crippen LogP contribution in [0.15, 0.2) is 23.1 Å². The van der Waals surface area contributed by atoms with Gasteiger partial charge >= 0.3 is 5.97 Å². The second-order valence-electron chi connectivity index (χ2n) is 6.79. The number of carboxylic acid groups (broad SMARTS) is 1. The van der Waals surface area contributed by atoms with Gasteiger partial charge in [0.25, 0.3) is 0 Å². The Bertz CT molecular complexity index is 538. The molecule has 0 unspecified atom stereocenters. The van der Waals surface area contributed by atoms with E-state index in [9.17, 15) is 9.90 Å². The molecule has 1 aliphatic carbocycles. The summed E-state index contributed by atoms with van der Waals surface area (Å²) >= 11 is 1.57. The van der Waals surface area contributed by atoms with Gasteiger partial charge in [0.15, 0.2) is 0 Å². The Morgan fingerprint density at radius 2 is 1.90 bits per heavy atom. The number of carbonyl (C=O) groups is 1. The van der Waals surface area contributed by atoms with Crippen LogP contribution in [0.3, 0.4) is 0 Å². The first kappa shape index (κ1) is 16.2. The van der Waals surface area contributed by atoms with Crippen molar-refractivity contribution in [2.45, 2.75) is 39.5 Å². The summed E-state index contributed by atoms with van der Waals surface area (Å²) in [6, 6.07) is 5.68. The van der Waals surface area contributed by atoms with Crippen molar-refractivity contribution in [3.05, 3.63) is 23.8 Å². The molecule has 0 bridgehead atoms. The number of aromatic carboxylic acids is 1. The van der Waals surface area contributed by atoms with Crippen molar-refractivity contribution in [3.63, 3.8) is 0 Å². The van der Waals surface area contributed by atoms with Gasteiger partial charge in [0, 0.05) is 17.1 Å². The summed E-state index contributed by atoms with van der Waals surface area (Å²) in [7, 11) is 0.